The molecule has 0 spiro atoms. The number of pyridine rings is 1. The standard InChI is InChI=1S/C22H23N5O3/c1-4-29-17-10-8-15(9-11-17)19-18(21(28)30-5-2)14(3)24-22-25-20(26-27(19)22)16-7-6-12-23-13-16/h6-13,19H,4-5H2,1-3H3,(H,24,25,26). The van der Waals surface area contributed by atoms with Gasteiger partial charge in [0.05, 0.1) is 18.8 Å². The van der Waals surface area contributed by atoms with E-state index in [1.54, 1.807) is 24.0 Å². The number of carbonyl (C=O) groups is 1. The molecule has 2 aromatic heterocycles. The van der Waals surface area contributed by atoms with Gasteiger partial charge < -0.3 is 14.8 Å². The topological polar surface area (TPSA) is 91.2 Å². The van der Waals surface area contributed by atoms with Crippen molar-refractivity contribution in [1.29, 1.82) is 0 Å². The molecule has 30 heavy (non-hydrogen) atoms. The molecule has 8 nitrogen and oxygen atoms in total. The highest BCUT2D eigenvalue weighted by Gasteiger charge is 2.35. The third-order valence-corrected chi connectivity index (χ3v) is 4.77. The highest BCUT2D eigenvalue weighted by atomic mass is 16.5. The van der Waals surface area contributed by atoms with Crippen LogP contribution in [0.3, 0.4) is 0 Å². The van der Waals surface area contributed by atoms with Gasteiger partial charge in [0.15, 0.2) is 5.82 Å². The van der Waals surface area contributed by atoms with Gasteiger partial charge in [0.2, 0.25) is 5.95 Å². The predicted molar refractivity (Wildman–Crippen MR) is 112 cm³/mol. The van der Waals surface area contributed by atoms with E-state index in [9.17, 15) is 4.79 Å². The van der Waals surface area contributed by atoms with Crippen LogP contribution in [0.1, 0.15) is 32.4 Å². The second kappa shape index (κ2) is 8.36. The molecule has 0 saturated carbocycles. The van der Waals surface area contributed by atoms with E-state index in [1.807, 2.05) is 50.2 Å². The first-order valence-corrected chi connectivity index (χ1v) is 9.87. The fourth-order valence-corrected chi connectivity index (χ4v) is 3.46. The lowest BCUT2D eigenvalue weighted by Crippen LogP contribution is -2.29. The van der Waals surface area contributed by atoms with Gasteiger partial charge in [-0.15, -0.1) is 5.10 Å². The van der Waals surface area contributed by atoms with Crippen LogP contribution in [0.15, 0.2) is 60.1 Å². The number of rotatable bonds is 6. The van der Waals surface area contributed by atoms with Gasteiger partial charge in [-0.3, -0.25) is 4.98 Å². The summed E-state index contributed by atoms with van der Waals surface area (Å²) in [4.78, 5) is 21.6. The Balaban J connectivity index is 1.82. The Kier molecular flexibility index (Phi) is 5.47. The van der Waals surface area contributed by atoms with Crippen LogP contribution in [-0.2, 0) is 9.53 Å². The number of aromatic nitrogens is 4. The van der Waals surface area contributed by atoms with Gasteiger partial charge in [-0.2, -0.15) is 4.98 Å². The summed E-state index contributed by atoms with van der Waals surface area (Å²) in [6, 6.07) is 10.9. The summed E-state index contributed by atoms with van der Waals surface area (Å²) < 4.78 is 12.6. The van der Waals surface area contributed by atoms with E-state index < -0.39 is 6.04 Å². The van der Waals surface area contributed by atoms with E-state index in [2.05, 4.69) is 15.3 Å². The molecule has 1 aromatic carbocycles. The van der Waals surface area contributed by atoms with Crippen LogP contribution in [0.2, 0.25) is 0 Å². The number of benzene rings is 1. The average Bonchev–Trinajstić information content (AvgIpc) is 3.18. The van der Waals surface area contributed by atoms with Crippen molar-refractivity contribution < 1.29 is 14.3 Å². The van der Waals surface area contributed by atoms with Gasteiger partial charge in [-0.1, -0.05) is 12.1 Å². The summed E-state index contributed by atoms with van der Waals surface area (Å²) in [6.07, 6.45) is 3.41. The summed E-state index contributed by atoms with van der Waals surface area (Å²) in [5, 5.41) is 7.89. The molecule has 1 aliphatic rings. The zero-order valence-corrected chi connectivity index (χ0v) is 17.1. The molecular formula is C22H23N5O3. The van der Waals surface area contributed by atoms with Crippen molar-refractivity contribution in [3.8, 4) is 17.1 Å². The van der Waals surface area contributed by atoms with Crippen molar-refractivity contribution in [2.45, 2.75) is 26.8 Å². The van der Waals surface area contributed by atoms with E-state index in [4.69, 9.17) is 14.6 Å². The predicted octanol–water partition coefficient (Wildman–Crippen LogP) is 3.59. The number of anilines is 1. The lowest BCUT2D eigenvalue weighted by molar-refractivity contribution is -0.139. The molecule has 0 amide bonds. The van der Waals surface area contributed by atoms with E-state index >= 15 is 0 Å². The second-order valence-electron chi connectivity index (χ2n) is 6.73. The van der Waals surface area contributed by atoms with Crippen molar-refractivity contribution in [2.75, 3.05) is 18.5 Å². The fraction of sp³-hybridized carbons (Fsp3) is 0.273. The molecule has 8 heteroatoms. The molecule has 3 aromatic rings. The lowest BCUT2D eigenvalue weighted by Gasteiger charge is -2.28. The summed E-state index contributed by atoms with van der Waals surface area (Å²) in [6.45, 7) is 6.44. The molecule has 154 valence electrons. The smallest absolute Gasteiger partial charge is 0.338 e. The maximum atomic E-state index is 12.8. The minimum absolute atomic E-state index is 0.288. The van der Waals surface area contributed by atoms with Gasteiger partial charge >= 0.3 is 5.97 Å². The highest BCUT2D eigenvalue weighted by molar-refractivity contribution is 5.92. The molecule has 0 aliphatic carbocycles. The minimum Gasteiger partial charge on any atom is -0.494 e. The summed E-state index contributed by atoms with van der Waals surface area (Å²) in [5.74, 6) is 1.46. The Morgan fingerprint density at radius 2 is 1.97 bits per heavy atom. The Morgan fingerprint density at radius 3 is 2.63 bits per heavy atom. The van der Waals surface area contributed by atoms with E-state index in [0.29, 0.717) is 29.6 Å². The Morgan fingerprint density at radius 1 is 1.17 bits per heavy atom. The number of fused-ring (bicyclic) bond motifs is 1. The molecule has 1 atom stereocenters. The van der Waals surface area contributed by atoms with Gasteiger partial charge in [0.1, 0.15) is 11.8 Å². The normalized spacial score (nSPS) is 15.4. The molecule has 3 heterocycles. The number of allylic oxidation sites excluding steroid dienone is 1. The number of nitrogens with one attached hydrogen (secondary N) is 1. The van der Waals surface area contributed by atoms with Crippen molar-refractivity contribution in [2.24, 2.45) is 0 Å². The largest absolute Gasteiger partial charge is 0.494 e. The Labute approximate surface area is 174 Å². The first kappa shape index (κ1) is 19.6. The SMILES string of the molecule is CCOC(=O)C1=C(C)Nc2nc(-c3cccnc3)nn2C1c1ccc(OCC)cc1. The van der Waals surface area contributed by atoms with Crippen molar-refractivity contribution in [3.05, 3.63) is 65.6 Å². The molecule has 0 radical (unpaired) electrons. The molecule has 1 aliphatic heterocycles. The first-order chi connectivity index (χ1) is 14.6. The van der Waals surface area contributed by atoms with E-state index in [0.717, 1.165) is 16.9 Å². The number of hydrogen-bond acceptors (Lipinski definition) is 7. The van der Waals surface area contributed by atoms with Gasteiger partial charge in [-0.25, -0.2) is 9.48 Å². The van der Waals surface area contributed by atoms with Crippen LogP contribution in [0.5, 0.6) is 5.75 Å². The first-order valence-electron chi connectivity index (χ1n) is 9.87. The van der Waals surface area contributed by atoms with Crippen molar-refractivity contribution >= 4 is 11.9 Å². The summed E-state index contributed by atoms with van der Waals surface area (Å²) >= 11 is 0. The summed E-state index contributed by atoms with van der Waals surface area (Å²) in [7, 11) is 0. The van der Waals surface area contributed by atoms with Gasteiger partial charge in [-0.05, 0) is 50.6 Å². The maximum absolute atomic E-state index is 12.8. The molecular weight excluding hydrogens is 382 g/mol. The zero-order valence-electron chi connectivity index (χ0n) is 17.1. The zero-order chi connectivity index (χ0) is 21.1. The molecule has 0 fully saturated rings. The third-order valence-electron chi connectivity index (χ3n) is 4.77. The van der Waals surface area contributed by atoms with Gasteiger partial charge in [0, 0.05) is 23.7 Å². The maximum Gasteiger partial charge on any atom is 0.338 e. The van der Waals surface area contributed by atoms with Crippen LogP contribution in [-0.4, -0.2) is 38.9 Å². The highest BCUT2D eigenvalue weighted by Crippen LogP contribution is 2.37. The molecule has 0 bridgehead atoms. The van der Waals surface area contributed by atoms with Crippen LogP contribution in [0.25, 0.3) is 11.4 Å². The lowest BCUT2D eigenvalue weighted by atomic mass is 9.96. The monoisotopic (exact) mass is 405 g/mol. The van der Waals surface area contributed by atoms with Crippen LogP contribution < -0.4 is 10.1 Å². The third kappa shape index (κ3) is 3.63. The number of carbonyl (C=O) groups excluding carboxylic acids is 1. The van der Waals surface area contributed by atoms with Crippen LogP contribution in [0, 0.1) is 0 Å². The van der Waals surface area contributed by atoms with Crippen LogP contribution in [0.4, 0.5) is 5.95 Å². The molecule has 4 rings (SSSR count). The Hall–Kier alpha value is -3.68. The minimum atomic E-state index is -0.478. The van der Waals surface area contributed by atoms with Gasteiger partial charge in [0.25, 0.3) is 0 Å². The summed E-state index contributed by atoms with van der Waals surface area (Å²) in [5.41, 5.74) is 2.86. The van der Waals surface area contributed by atoms with Crippen LogP contribution >= 0.6 is 0 Å². The molecule has 1 N–H and O–H groups in total. The molecule has 1 unspecified atom stereocenters. The average molecular weight is 405 g/mol. The van der Waals surface area contributed by atoms with Crippen molar-refractivity contribution in [3.63, 3.8) is 0 Å². The second-order valence-corrected chi connectivity index (χ2v) is 6.73. The van der Waals surface area contributed by atoms with Crippen molar-refractivity contribution in [1.82, 2.24) is 19.7 Å². The Bertz CT molecular complexity index is 1070. The number of esters is 1. The van der Waals surface area contributed by atoms with E-state index in [-0.39, 0.29) is 12.6 Å². The quantitative estimate of drug-likeness (QED) is 0.627. The van der Waals surface area contributed by atoms with E-state index in [1.165, 1.54) is 0 Å². The number of ether oxygens (including phenoxy) is 2. The number of nitrogens with zero attached hydrogens (tertiary/aromatic N) is 4. The molecule has 0 saturated heterocycles. The fourth-order valence-electron chi connectivity index (χ4n) is 3.46. The number of hydrogen-bond donors (Lipinski definition) is 1.